The molecule has 0 aromatic carbocycles. The van der Waals surface area contributed by atoms with Crippen LogP contribution >= 0.6 is 24.0 Å². The van der Waals surface area contributed by atoms with E-state index in [2.05, 4.69) is 39.8 Å². The molecule has 1 aliphatic carbocycles. The summed E-state index contributed by atoms with van der Waals surface area (Å²) in [5.41, 5.74) is 0.885. The molecule has 3 N–H and O–H groups in total. The molecule has 0 bridgehead atoms. The van der Waals surface area contributed by atoms with Crippen molar-refractivity contribution in [2.45, 2.75) is 58.9 Å². The maximum Gasteiger partial charge on any atom is 0.227 e. The zero-order valence-electron chi connectivity index (χ0n) is 16.0. The lowest BCUT2D eigenvalue weighted by molar-refractivity contribution is -0.116. The summed E-state index contributed by atoms with van der Waals surface area (Å²) in [7, 11) is 0. The van der Waals surface area contributed by atoms with Crippen LogP contribution in [0.25, 0.3) is 0 Å². The lowest BCUT2D eigenvalue weighted by Gasteiger charge is -2.28. The maximum absolute atomic E-state index is 12.0. The number of aromatic nitrogens is 1. The summed E-state index contributed by atoms with van der Waals surface area (Å²) >= 11 is 0. The molecule has 26 heavy (non-hydrogen) atoms. The first-order valence-corrected chi connectivity index (χ1v) is 9.35. The number of nitrogens with zero attached hydrogens (tertiary/aromatic N) is 2. The van der Waals surface area contributed by atoms with E-state index in [9.17, 15) is 4.79 Å². The Morgan fingerprint density at radius 3 is 2.65 bits per heavy atom. The van der Waals surface area contributed by atoms with E-state index in [1.165, 1.54) is 25.7 Å². The second-order valence-electron chi connectivity index (χ2n) is 6.82. The number of hydrogen-bond donors (Lipinski definition) is 3. The third-order valence-corrected chi connectivity index (χ3v) is 4.47. The van der Waals surface area contributed by atoms with Gasteiger partial charge in [-0.25, -0.2) is 4.98 Å². The fourth-order valence-corrected chi connectivity index (χ4v) is 3.01. The highest BCUT2D eigenvalue weighted by molar-refractivity contribution is 14.0. The number of carbonyl (C=O) groups is 1. The molecule has 0 unspecified atom stereocenters. The van der Waals surface area contributed by atoms with Crippen molar-refractivity contribution in [2.75, 3.05) is 18.4 Å². The fourth-order valence-electron chi connectivity index (χ4n) is 3.01. The summed E-state index contributed by atoms with van der Waals surface area (Å²) in [5.74, 6) is 2.17. The van der Waals surface area contributed by atoms with E-state index in [0.29, 0.717) is 24.8 Å². The molecule has 1 fully saturated rings. The Balaban J connectivity index is 0.00000338. The van der Waals surface area contributed by atoms with E-state index in [0.717, 1.165) is 24.1 Å². The minimum atomic E-state index is -0.0656. The smallest absolute Gasteiger partial charge is 0.227 e. The first kappa shape index (κ1) is 22.7. The average Bonchev–Trinajstić information content (AvgIpc) is 2.57. The predicted octanol–water partition coefficient (Wildman–Crippen LogP) is 3.47. The SMILES string of the molecule is CCNC(=NCCC(=O)Nc1cccc(C)n1)NC1CCC(C)CC1.I. The van der Waals surface area contributed by atoms with Crippen LogP contribution in [0.15, 0.2) is 23.2 Å². The molecule has 0 spiro atoms. The minimum Gasteiger partial charge on any atom is -0.357 e. The van der Waals surface area contributed by atoms with Crippen LogP contribution in [0.1, 0.15) is 51.6 Å². The molecule has 0 radical (unpaired) electrons. The van der Waals surface area contributed by atoms with Crippen LogP contribution in [0.5, 0.6) is 0 Å². The van der Waals surface area contributed by atoms with Gasteiger partial charge in [-0.3, -0.25) is 9.79 Å². The van der Waals surface area contributed by atoms with Crippen molar-refractivity contribution in [2.24, 2.45) is 10.9 Å². The molecule has 0 atom stereocenters. The average molecular weight is 473 g/mol. The van der Waals surface area contributed by atoms with Crippen molar-refractivity contribution in [1.29, 1.82) is 0 Å². The van der Waals surface area contributed by atoms with Gasteiger partial charge in [0.2, 0.25) is 5.91 Å². The molecule has 0 saturated heterocycles. The van der Waals surface area contributed by atoms with E-state index in [-0.39, 0.29) is 29.9 Å². The van der Waals surface area contributed by atoms with Crippen LogP contribution in [0, 0.1) is 12.8 Å². The fraction of sp³-hybridized carbons (Fsp3) is 0.632. The number of halogens is 1. The molecule has 2 rings (SSSR count). The van der Waals surface area contributed by atoms with Crippen LogP contribution < -0.4 is 16.0 Å². The zero-order valence-corrected chi connectivity index (χ0v) is 18.4. The molecule has 1 heterocycles. The predicted molar refractivity (Wildman–Crippen MR) is 118 cm³/mol. The van der Waals surface area contributed by atoms with Gasteiger partial charge in [0, 0.05) is 24.7 Å². The second-order valence-corrected chi connectivity index (χ2v) is 6.82. The zero-order chi connectivity index (χ0) is 18.1. The quantitative estimate of drug-likeness (QED) is 0.336. The molecule has 0 aliphatic heterocycles. The Bertz CT molecular complexity index is 585. The number of nitrogens with one attached hydrogen (secondary N) is 3. The number of aliphatic imine (C=N–C) groups is 1. The second kappa shape index (κ2) is 12.1. The van der Waals surface area contributed by atoms with Crippen LogP contribution in [0.2, 0.25) is 0 Å². The van der Waals surface area contributed by atoms with E-state index in [1.54, 1.807) is 6.07 Å². The topological polar surface area (TPSA) is 78.4 Å². The van der Waals surface area contributed by atoms with E-state index < -0.39 is 0 Å². The highest BCUT2D eigenvalue weighted by Gasteiger charge is 2.18. The van der Waals surface area contributed by atoms with Gasteiger partial charge in [-0.15, -0.1) is 24.0 Å². The van der Waals surface area contributed by atoms with Gasteiger partial charge >= 0.3 is 0 Å². The van der Waals surface area contributed by atoms with Gasteiger partial charge in [0.25, 0.3) is 0 Å². The number of carbonyl (C=O) groups excluding carboxylic acids is 1. The number of rotatable bonds is 6. The Kier molecular flexibility index (Phi) is 10.5. The van der Waals surface area contributed by atoms with Crippen LogP contribution in [0.3, 0.4) is 0 Å². The van der Waals surface area contributed by atoms with E-state index >= 15 is 0 Å². The molecule has 1 saturated carbocycles. The van der Waals surface area contributed by atoms with Crippen LogP contribution in [-0.4, -0.2) is 36.0 Å². The lowest BCUT2D eigenvalue weighted by Crippen LogP contribution is -2.44. The lowest BCUT2D eigenvalue weighted by atomic mass is 9.87. The normalized spacial score (nSPS) is 20.0. The first-order chi connectivity index (χ1) is 12.1. The van der Waals surface area contributed by atoms with Gasteiger partial charge in [0.1, 0.15) is 5.82 Å². The summed E-state index contributed by atoms with van der Waals surface area (Å²) in [6, 6.07) is 6.07. The Hall–Kier alpha value is -1.38. The van der Waals surface area contributed by atoms with Gasteiger partial charge in [0.05, 0.1) is 6.54 Å². The molecule has 6 nitrogen and oxygen atoms in total. The number of amides is 1. The van der Waals surface area contributed by atoms with Gasteiger partial charge in [-0.1, -0.05) is 13.0 Å². The molecule has 146 valence electrons. The molecular weight excluding hydrogens is 441 g/mol. The van der Waals surface area contributed by atoms with Crippen LogP contribution in [-0.2, 0) is 4.79 Å². The van der Waals surface area contributed by atoms with Crippen molar-refractivity contribution in [3.8, 4) is 0 Å². The van der Waals surface area contributed by atoms with Crippen molar-refractivity contribution < 1.29 is 4.79 Å². The van der Waals surface area contributed by atoms with Gasteiger partial charge < -0.3 is 16.0 Å². The number of aryl methyl sites for hydroxylation is 1. The summed E-state index contributed by atoms with van der Waals surface area (Å²) in [6.45, 7) is 7.54. The molecule has 1 aromatic rings. The van der Waals surface area contributed by atoms with Crippen LogP contribution in [0.4, 0.5) is 5.82 Å². The van der Waals surface area contributed by atoms with Crippen molar-refractivity contribution in [3.63, 3.8) is 0 Å². The Morgan fingerprint density at radius 1 is 1.27 bits per heavy atom. The minimum absolute atomic E-state index is 0. The summed E-state index contributed by atoms with van der Waals surface area (Å²) in [6.07, 6.45) is 5.25. The van der Waals surface area contributed by atoms with Gasteiger partial charge in [0.15, 0.2) is 5.96 Å². The standard InChI is InChI=1S/C19H31N5O.HI/c1-4-20-19(23-16-10-8-14(2)9-11-16)21-13-12-18(25)24-17-7-5-6-15(3)22-17;/h5-7,14,16H,4,8-13H2,1-3H3,(H2,20,21,23)(H,22,24,25);1H. The molecule has 7 heteroatoms. The first-order valence-electron chi connectivity index (χ1n) is 9.35. The third kappa shape index (κ3) is 8.33. The van der Waals surface area contributed by atoms with Gasteiger partial charge in [-0.05, 0) is 57.6 Å². The molecular formula is C19H32IN5O. The maximum atomic E-state index is 12.0. The monoisotopic (exact) mass is 473 g/mol. The van der Waals surface area contributed by atoms with Gasteiger partial charge in [-0.2, -0.15) is 0 Å². The van der Waals surface area contributed by atoms with Crippen molar-refractivity contribution in [1.82, 2.24) is 15.6 Å². The van der Waals surface area contributed by atoms with Crippen molar-refractivity contribution in [3.05, 3.63) is 23.9 Å². The molecule has 1 aliphatic rings. The Labute approximate surface area is 174 Å². The molecule has 1 aromatic heterocycles. The van der Waals surface area contributed by atoms with Crippen molar-refractivity contribution >= 4 is 41.7 Å². The summed E-state index contributed by atoms with van der Waals surface area (Å²) < 4.78 is 0. The third-order valence-electron chi connectivity index (χ3n) is 4.47. The van der Waals surface area contributed by atoms with E-state index in [4.69, 9.17) is 0 Å². The summed E-state index contributed by atoms with van der Waals surface area (Å²) in [4.78, 5) is 20.8. The molecule has 1 amide bonds. The highest BCUT2D eigenvalue weighted by atomic mass is 127. The number of anilines is 1. The van der Waals surface area contributed by atoms with E-state index in [1.807, 2.05) is 19.1 Å². The number of guanidine groups is 1. The summed E-state index contributed by atoms with van der Waals surface area (Å²) in [5, 5.41) is 9.58. The Morgan fingerprint density at radius 2 is 2.00 bits per heavy atom. The number of pyridine rings is 1. The highest BCUT2D eigenvalue weighted by Crippen LogP contribution is 2.23. The largest absolute Gasteiger partial charge is 0.357 e. The number of hydrogen-bond acceptors (Lipinski definition) is 3.